The molecule has 13 rings (SSSR count). The number of amides is 4. The van der Waals surface area contributed by atoms with Crippen molar-refractivity contribution in [2.45, 2.75) is 69.6 Å². The van der Waals surface area contributed by atoms with Gasteiger partial charge in [-0.1, -0.05) is 140 Å². The lowest BCUT2D eigenvalue weighted by Crippen LogP contribution is -2.36. The second kappa shape index (κ2) is 52.0. The Kier molecular flexibility index (Phi) is 40.7. The van der Waals surface area contributed by atoms with Crippen LogP contribution >= 0.6 is 10.7 Å². The Hall–Kier alpha value is -15.3. The van der Waals surface area contributed by atoms with E-state index in [-0.39, 0.29) is 126 Å². The Morgan fingerprint density at radius 3 is 1.06 bits per heavy atom. The first kappa shape index (κ1) is 108. The zero-order valence-electron chi connectivity index (χ0n) is 73.9. The number of hydrogen-bond donors (Lipinski definition) is 8. The zero-order chi connectivity index (χ0) is 101. The molecule has 11 N–H and O–H groups in total. The van der Waals surface area contributed by atoms with Gasteiger partial charge in [0.05, 0.1) is 50.5 Å². The van der Waals surface area contributed by atoms with E-state index >= 15 is 0 Å². The van der Waals surface area contributed by atoms with Crippen molar-refractivity contribution in [2.24, 2.45) is 17.2 Å². The summed E-state index contributed by atoms with van der Waals surface area (Å²) in [6.07, 6.45) is -0.856. The van der Waals surface area contributed by atoms with Gasteiger partial charge in [-0.25, -0.2) is 67.5 Å². The summed E-state index contributed by atoms with van der Waals surface area (Å²) in [5.74, 6) is -13.7. The number of methoxy groups -OCH3 is 4. The molecule has 4 amide bonds. The van der Waals surface area contributed by atoms with Gasteiger partial charge in [0.25, 0.3) is 26.8 Å². The summed E-state index contributed by atoms with van der Waals surface area (Å²) in [5, 5.41) is 26.9. The number of nitrogens with one attached hydrogen (secondary N) is 4. The molecule has 138 heavy (non-hydrogen) atoms. The predicted molar refractivity (Wildman–Crippen MR) is 490 cm³/mol. The minimum Gasteiger partial charge on any atom is -0.478 e. The van der Waals surface area contributed by atoms with E-state index in [4.69, 9.17) is 38.3 Å². The standard InChI is InChI=1S/C25H19F5N2O4.C23H20F2N2O3.C23H16F2N2O3.C15H13F2NO2.C7H5ClO4S.C7H16N2/c1-36-23(34)21-18(6-3-7-19(21)26)15-8-9-17(20(27)11-15)13-31-22(33)16-5-2-4-14(10-16)12-32-24(35)25(28,29)30;2*1-30-23(29)21-18(6-3-7-19(21)24)15-8-9-17(20(25)11-15)13-27-22(28)16-5-2-4-14(10-16)12-26;1-20-15(19)14-11(3-2-4-12(14)16)9-5-6-10(8-18)13(17)7-9;8-13(11,12)6-3-1-2-5(4-6)7(9)10;8-4-7-9-5-2-1-3-6-9/h2-11H,12-13H2,1H3,(H,31,33)(H,32,35);2-11H,12-13,26H2,1H3,(H,27,28);2-11H,13H2,1H3,(H,27,28);2-7H,8,18H2,1H3;1-4H,(H,9,10);1-8H2. The molecule has 0 saturated carbocycles. The molecule has 0 radical (unpaired) electrons. The summed E-state index contributed by atoms with van der Waals surface area (Å²) >= 11 is 0. The molecule has 1 saturated heterocycles. The van der Waals surface area contributed by atoms with Crippen LogP contribution in [-0.4, -0.2) is 133 Å². The summed E-state index contributed by atoms with van der Waals surface area (Å²) in [6, 6.07) is 58.1. The van der Waals surface area contributed by atoms with Crippen molar-refractivity contribution in [1.82, 2.24) is 26.2 Å². The molecule has 38 heteroatoms. The molecule has 1 heterocycles. The van der Waals surface area contributed by atoms with Crippen LogP contribution in [0.4, 0.5) is 48.3 Å². The zero-order valence-corrected chi connectivity index (χ0v) is 75.5. The first-order valence-corrected chi connectivity index (χ1v) is 43.7. The normalized spacial score (nSPS) is 11.4. The third-order valence-electron chi connectivity index (χ3n) is 20.4. The topological polar surface area (TPSA) is 398 Å². The lowest BCUT2D eigenvalue weighted by Gasteiger charge is -2.25. The van der Waals surface area contributed by atoms with E-state index in [2.05, 4.69) is 39.8 Å². The number of carboxylic acid groups (broad SMARTS) is 1. The average Bonchev–Trinajstić information content (AvgIpc) is 0.807. The van der Waals surface area contributed by atoms with Gasteiger partial charge in [-0.3, -0.25) is 19.2 Å². The molecular weight excluding hydrogens is 1860 g/mol. The number of ether oxygens (including phenoxy) is 4. The molecule has 12 aromatic carbocycles. The monoisotopic (exact) mass is 1950 g/mol. The minimum atomic E-state index is -5.02. The quantitative estimate of drug-likeness (QED) is 0.0114. The number of nitriles is 1. The molecule has 12 aromatic rings. The maximum absolute atomic E-state index is 14.7. The number of esters is 4. The fourth-order valence-electron chi connectivity index (χ4n) is 13.4. The number of halogens is 12. The molecule has 0 unspecified atom stereocenters. The fraction of sp³-hybridized carbons (Fsp3) is 0.180. The maximum Gasteiger partial charge on any atom is 0.471 e. The van der Waals surface area contributed by atoms with Gasteiger partial charge in [0.1, 0.15) is 68.8 Å². The first-order chi connectivity index (χ1) is 65.8. The van der Waals surface area contributed by atoms with Crippen LogP contribution in [0, 0.1) is 57.9 Å². The van der Waals surface area contributed by atoms with Gasteiger partial charge in [0, 0.05) is 102 Å². The third kappa shape index (κ3) is 30.6. The fourth-order valence-corrected chi connectivity index (χ4v) is 14.2. The van der Waals surface area contributed by atoms with Crippen molar-refractivity contribution in [3.05, 3.63) is 373 Å². The molecule has 1 aliphatic rings. The number of hydrogen-bond acceptors (Lipinski definition) is 20. The number of carbonyl (C=O) groups is 9. The number of nitrogens with zero attached hydrogens (tertiary/aromatic N) is 2. The number of rotatable bonds is 25. The van der Waals surface area contributed by atoms with Crippen LogP contribution in [0.15, 0.2) is 248 Å². The molecule has 720 valence electrons. The van der Waals surface area contributed by atoms with E-state index in [1.54, 1.807) is 53.8 Å². The van der Waals surface area contributed by atoms with E-state index in [0.717, 1.165) is 83.5 Å². The Labute approximate surface area is 789 Å². The van der Waals surface area contributed by atoms with Crippen LogP contribution < -0.4 is 38.5 Å². The van der Waals surface area contributed by atoms with Gasteiger partial charge in [-0.05, 0) is 191 Å². The van der Waals surface area contributed by atoms with Crippen LogP contribution in [0.25, 0.3) is 44.5 Å². The third-order valence-corrected chi connectivity index (χ3v) is 21.8. The highest BCUT2D eigenvalue weighted by Crippen LogP contribution is 2.34. The lowest BCUT2D eigenvalue weighted by molar-refractivity contribution is -0.173. The van der Waals surface area contributed by atoms with E-state index in [1.807, 2.05) is 12.1 Å². The van der Waals surface area contributed by atoms with Crippen molar-refractivity contribution in [2.75, 3.05) is 54.6 Å². The van der Waals surface area contributed by atoms with Crippen LogP contribution in [0.5, 0.6) is 0 Å². The molecule has 0 spiro atoms. The van der Waals surface area contributed by atoms with Crippen LogP contribution in [0.1, 0.15) is 141 Å². The van der Waals surface area contributed by atoms with Gasteiger partial charge < -0.3 is 67.4 Å². The Morgan fingerprint density at radius 1 is 0.399 bits per heavy atom. The number of alkyl halides is 3. The van der Waals surface area contributed by atoms with Crippen LogP contribution in [0.3, 0.4) is 0 Å². The van der Waals surface area contributed by atoms with Gasteiger partial charge in [-0.15, -0.1) is 0 Å². The largest absolute Gasteiger partial charge is 0.478 e. The summed E-state index contributed by atoms with van der Waals surface area (Å²) in [7, 11) is 5.71. The molecule has 0 aromatic heterocycles. The molecule has 1 aliphatic heterocycles. The lowest BCUT2D eigenvalue weighted by atomic mass is 9.98. The highest BCUT2D eigenvalue weighted by atomic mass is 35.7. The van der Waals surface area contributed by atoms with Gasteiger partial charge in [0.15, 0.2) is 0 Å². The maximum atomic E-state index is 14.7. The summed E-state index contributed by atoms with van der Waals surface area (Å²) < 4.78 is 191. The number of piperidine rings is 1. The Bertz CT molecular complexity index is 6600. The molecule has 25 nitrogen and oxygen atoms in total. The first-order valence-electron chi connectivity index (χ1n) is 41.4. The number of likely N-dealkylation sites (tertiary alicyclic amines) is 1. The highest BCUT2D eigenvalue weighted by Gasteiger charge is 2.38. The SMILES string of the molecule is COC(=O)c1c(F)cccc1-c1ccc(CN)c(F)c1.COC(=O)c1c(F)cccc1-c1ccc(CNC(=O)c2cccc(C#N)c2)c(F)c1.COC(=O)c1c(F)cccc1-c1ccc(CNC(=O)c2cccc(CN)c2)c(F)c1.COC(=O)c1c(F)cccc1-c1ccc(CNC(=O)c2cccc(CNC(=O)C(F)(F)F)c2)c(F)c1.NCCN1CCCCC1.O=C(O)c1cccc(S(=O)(=O)Cl)c1. The number of benzene rings is 12. The predicted octanol–water partition coefficient (Wildman–Crippen LogP) is 17.2. The van der Waals surface area contributed by atoms with Gasteiger partial charge in [-0.2, -0.15) is 18.4 Å². The van der Waals surface area contributed by atoms with Crippen molar-refractivity contribution >= 4 is 73.2 Å². The number of carbonyl (C=O) groups excluding carboxylic acids is 8. The van der Waals surface area contributed by atoms with Gasteiger partial charge >= 0.3 is 41.9 Å². The van der Waals surface area contributed by atoms with E-state index < -0.39 is 116 Å². The van der Waals surface area contributed by atoms with Crippen molar-refractivity contribution in [3.63, 3.8) is 0 Å². The van der Waals surface area contributed by atoms with Crippen molar-refractivity contribution in [3.8, 4) is 50.6 Å². The van der Waals surface area contributed by atoms with Crippen LogP contribution in [0.2, 0.25) is 0 Å². The van der Waals surface area contributed by atoms with E-state index in [1.165, 1.54) is 184 Å². The number of nitrogens with two attached hydrogens (primary N) is 3. The smallest absolute Gasteiger partial charge is 0.471 e. The minimum absolute atomic E-state index is 0.0369. The van der Waals surface area contributed by atoms with Crippen molar-refractivity contribution in [1.29, 1.82) is 5.26 Å². The van der Waals surface area contributed by atoms with Gasteiger partial charge in [0.2, 0.25) is 0 Å². The molecule has 0 bridgehead atoms. The summed E-state index contributed by atoms with van der Waals surface area (Å²) in [6.45, 7) is 4.05. The van der Waals surface area contributed by atoms with Crippen LogP contribution in [-0.2, 0) is 72.1 Å². The average molecular weight is 1950 g/mol. The van der Waals surface area contributed by atoms with E-state index in [9.17, 15) is 99.9 Å². The molecule has 1 fully saturated rings. The number of aromatic carboxylic acids is 1. The highest BCUT2D eigenvalue weighted by molar-refractivity contribution is 8.13. The molecule has 0 aliphatic carbocycles. The summed E-state index contributed by atoms with van der Waals surface area (Å²) in [4.78, 5) is 108. The Balaban J connectivity index is 0.000000212. The summed E-state index contributed by atoms with van der Waals surface area (Å²) in [5.41, 5.74) is 20.3. The molecule has 0 atom stereocenters. The Morgan fingerprint density at radius 2 is 0.732 bits per heavy atom. The molecular formula is C100H89ClF11N9O16S. The number of carboxylic acids is 1. The second-order valence-corrected chi connectivity index (χ2v) is 32.1. The second-order valence-electron chi connectivity index (χ2n) is 29.5. The van der Waals surface area contributed by atoms with E-state index in [0.29, 0.717) is 39.9 Å². The van der Waals surface area contributed by atoms with Crippen molar-refractivity contribution < 1.29 is 124 Å².